The molecule has 2 aliphatic heterocycles. The first kappa shape index (κ1) is 30.8. The molecule has 0 unspecified atom stereocenters. The average molecular weight is 643 g/mol. The zero-order valence-corrected chi connectivity index (χ0v) is 25.7. The molecule has 2 fully saturated rings. The first-order chi connectivity index (χ1) is 22.2. The number of nitrogens with one attached hydrogen (secondary N) is 1. The summed E-state index contributed by atoms with van der Waals surface area (Å²) < 4.78 is 19.5. The van der Waals surface area contributed by atoms with Gasteiger partial charge in [0.05, 0.1) is 36.5 Å². The lowest BCUT2D eigenvalue weighted by molar-refractivity contribution is -0.157. The number of carbonyl (C=O) groups is 3. The lowest BCUT2D eigenvalue weighted by atomic mass is 9.99. The fraction of sp³-hybridized carbons (Fsp3) is 0.281. The number of rotatable bonds is 9. The van der Waals surface area contributed by atoms with Gasteiger partial charge in [0.15, 0.2) is 5.13 Å². The number of hydrogen-bond donors (Lipinski definition) is 2. The number of anilines is 1. The van der Waals surface area contributed by atoms with Gasteiger partial charge in [0.25, 0.3) is 0 Å². The number of nitriles is 1. The van der Waals surface area contributed by atoms with Crippen molar-refractivity contribution in [3.8, 4) is 11.8 Å². The minimum Gasteiger partial charge on any atom is -0.497 e. The van der Waals surface area contributed by atoms with Crippen molar-refractivity contribution in [2.75, 3.05) is 32.5 Å². The fourth-order valence-corrected chi connectivity index (χ4v) is 6.73. The Bertz CT molecular complexity index is 1810. The van der Waals surface area contributed by atoms with Crippen LogP contribution in [-0.4, -0.2) is 81.6 Å². The Hall–Kier alpha value is -5.26. The molecule has 0 spiro atoms. The van der Waals surface area contributed by atoms with E-state index >= 15 is 0 Å². The Labute approximate surface area is 268 Å². The molecule has 4 aromatic rings. The van der Waals surface area contributed by atoms with Crippen LogP contribution in [0.15, 0.2) is 66.7 Å². The van der Waals surface area contributed by atoms with Crippen LogP contribution in [0.5, 0.6) is 5.75 Å². The van der Waals surface area contributed by atoms with Crippen molar-refractivity contribution in [3.05, 3.63) is 89.2 Å². The number of para-hydroxylation sites is 1. The normalized spacial score (nSPS) is 18.0. The van der Waals surface area contributed by atoms with E-state index in [1.807, 2.05) is 36.4 Å². The zero-order chi connectivity index (χ0) is 32.4. The van der Waals surface area contributed by atoms with E-state index in [1.165, 1.54) is 33.4 Å². The van der Waals surface area contributed by atoms with Crippen molar-refractivity contribution in [1.29, 1.82) is 5.26 Å². The highest BCUT2D eigenvalue weighted by molar-refractivity contribution is 7.22. The molecule has 236 valence electrons. The molecule has 3 N–H and O–H groups in total. The molecule has 2 aliphatic rings. The third kappa shape index (κ3) is 6.15. The zero-order valence-electron chi connectivity index (χ0n) is 24.9. The first-order valence-corrected chi connectivity index (χ1v) is 15.4. The van der Waals surface area contributed by atoms with Gasteiger partial charge in [-0.3, -0.25) is 9.59 Å². The molecule has 4 amide bonds. The van der Waals surface area contributed by atoms with Crippen LogP contribution in [0.2, 0.25) is 0 Å². The smallest absolute Gasteiger partial charge is 0.333 e. The van der Waals surface area contributed by atoms with Crippen LogP contribution in [0.1, 0.15) is 16.7 Å². The number of halogens is 1. The molecule has 12 nitrogen and oxygen atoms in total. The number of ether oxygens (including phenoxy) is 1. The van der Waals surface area contributed by atoms with Gasteiger partial charge < -0.3 is 25.6 Å². The number of aromatic nitrogens is 1. The van der Waals surface area contributed by atoms with Crippen molar-refractivity contribution in [3.63, 3.8) is 0 Å². The van der Waals surface area contributed by atoms with Gasteiger partial charge in [-0.1, -0.05) is 47.7 Å². The van der Waals surface area contributed by atoms with E-state index in [4.69, 9.17) is 10.5 Å². The molecule has 0 radical (unpaired) electrons. The summed E-state index contributed by atoms with van der Waals surface area (Å²) >= 11 is 1.36. The topological polar surface area (TPSA) is 148 Å². The number of piperazine rings is 1. The predicted molar refractivity (Wildman–Crippen MR) is 168 cm³/mol. The largest absolute Gasteiger partial charge is 0.497 e. The van der Waals surface area contributed by atoms with Crippen molar-refractivity contribution >= 4 is 44.5 Å². The summed E-state index contributed by atoms with van der Waals surface area (Å²) in [5.74, 6) is -0.307. The van der Waals surface area contributed by atoms with Crippen LogP contribution in [0.25, 0.3) is 10.2 Å². The molecule has 0 saturated carbocycles. The van der Waals surface area contributed by atoms with Crippen LogP contribution >= 0.6 is 11.3 Å². The molecule has 2 saturated heterocycles. The number of fused-ring (bicyclic) bond motifs is 2. The molecule has 0 aliphatic carbocycles. The Kier molecular flexibility index (Phi) is 8.69. The highest BCUT2D eigenvalue weighted by Gasteiger charge is 2.52. The Morgan fingerprint density at radius 3 is 2.61 bits per heavy atom. The molecule has 6 rings (SSSR count). The minimum atomic E-state index is -0.865. The molecular formula is C32H31FN8O4S. The number of carbonyl (C=O) groups excluding carboxylic acids is 3. The Morgan fingerprint density at radius 1 is 1.15 bits per heavy atom. The maximum Gasteiger partial charge on any atom is 0.333 e. The van der Waals surface area contributed by atoms with Gasteiger partial charge in [0, 0.05) is 19.5 Å². The summed E-state index contributed by atoms with van der Waals surface area (Å²) in [4.78, 5) is 49.0. The Morgan fingerprint density at radius 2 is 1.89 bits per heavy atom. The second-order valence-corrected chi connectivity index (χ2v) is 12.0. The number of urea groups is 1. The summed E-state index contributed by atoms with van der Waals surface area (Å²) in [7, 11) is 1.57. The highest BCUT2D eigenvalue weighted by Crippen LogP contribution is 2.32. The van der Waals surface area contributed by atoms with Crippen molar-refractivity contribution in [2.24, 2.45) is 0 Å². The third-order valence-electron chi connectivity index (χ3n) is 8.16. The van der Waals surface area contributed by atoms with Gasteiger partial charge in [-0.15, -0.1) is 0 Å². The predicted octanol–water partition coefficient (Wildman–Crippen LogP) is 3.10. The lowest BCUT2D eigenvalue weighted by Gasteiger charge is -2.46. The van der Waals surface area contributed by atoms with Crippen LogP contribution < -0.4 is 15.8 Å². The second kappa shape index (κ2) is 13.0. The van der Waals surface area contributed by atoms with E-state index in [0.29, 0.717) is 22.0 Å². The number of benzene rings is 3. The lowest BCUT2D eigenvalue weighted by Crippen LogP contribution is -2.66. The molecule has 0 bridgehead atoms. The van der Waals surface area contributed by atoms with Gasteiger partial charge in [-0.05, 0) is 47.0 Å². The number of nitrogens with zero attached hydrogens (tertiary/aromatic N) is 6. The number of methoxy groups -OCH3 is 1. The van der Waals surface area contributed by atoms with Crippen LogP contribution in [0.4, 0.5) is 14.3 Å². The van der Waals surface area contributed by atoms with Crippen LogP contribution in [0, 0.1) is 17.1 Å². The molecule has 1 aromatic heterocycles. The molecule has 3 heterocycles. The van der Waals surface area contributed by atoms with Gasteiger partial charge in [0.1, 0.15) is 30.3 Å². The fourth-order valence-electron chi connectivity index (χ4n) is 5.95. The Balaban J connectivity index is 1.31. The monoisotopic (exact) mass is 642 g/mol. The van der Waals surface area contributed by atoms with E-state index in [0.717, 1.165) is 15.8 Å². The van der Waals surface area contributed by atoms with E-state index < -0.39 is 24.1 Å². The number of hydrazine groups is 1. The van der Waals surface area contributed by atoms with Crippen molar-refractivity contribution < 1.29 is 23.5 Å². The summed E-state index contributed by atoms with van der Waals surface area (Å²) in [5.41, 5.74) is 8.99. The SMILES string of the molecule is COc1ccc(C[C@H]2C(=O)N(Cc3cccc4sc(N)nc34)C[C@H]3N2C(=O)CN3N(CC#N)C(=O)NCc2ccc(F)cc2)cc1. The maximum absolute atomic E-state index is 14.2. The second-order valence-electron chi connectivity index (χ2n) is 11.0. The van der Waals surface area contributed by atoms with E-state index in [-0.39, 0.29) is 51.0 Å². The van der Waals surface area contributed by atoms with Gasteiger partial charge in [0.2, 0.25) is 11.8 Å². The summed E-state index contributed by atoms with van der Waals surface area (Å²) in [6.07, 6.45) is -0.490. The number of thiazole rings is 1. The standard InChI is InChI=1S/C32H31FN8O4S/c1-45-24-11-7-20(8-12-24)15-25-30(43)38(17-22-3-2-4-26-29(22)37-31(35)46-26)18-27-40(19-28(42)41(25)27)39(14-13-34)32(44)36-16-21-5-9-23(33)10-6-21/h2-12,25,27H,14-19H2,1H3,(H2,35,37)(H,36,44)/t25-,27+/m0/s1. The molecule has 14 heteroatoms. The molecular weight excluding hydrogens is 611 g/mol. The summed E-state index contributed by atoms with van der Waals surface area (Å²) in [5, 5.41) is 15.6. The highest BCUT2D eigenvalue weighted by atomic mass is 32.1. The quantitative estimate of drug-likeness (QED) is 0.265. The first-order valence-electron chi connectivity index (χ1n) is 14.6. The third-order valence-corrected chi connectivity index (χ3v) is 9.01. The van der Waals surface area contributed by atoms with Gasteiger partial charge in [-0.25, -0.2) is 19.2 Å². The van der Waals surface area contributed by atoms with Crippen LogP contribution in [0.3, 0.4) is 0 Å². The van der Waals surface area contributed by atoms with E-state index in [2.05, 4.69) is 10.3 Å². The summed E-state index contributed by atoms with van der Waals surface area (Å²) in [6.45, 7) is -0.147. The number of hydrogen-bond acceptors (Lipinski definition) is 9. The molecule has 3 aromatic carbocycles. The number of amides is 4. The van der Waals surface area contributed by atoms with Gasteiger partial charge in [-0.2, -0.15) is 10.3 Å². The maximum atomic E-state index is 14.2. The number of nitrogen functional groups attached to an aromatic ring is 1. The summed E-state index contributed by atoms with van der Waals surface area (Å²) in [6, 6.07) is 19.2. The molecule has 46 heavy (non-hydrogen) atoms. The van der Waals surface area contributed by atoms with E-state index in [9.17, 15) is 24.0 Å². The van der Waals surface area contributed by atoms with Crippen molar-refractivity contribution in [1.82, 2.24) is 30.1 Å². The van der Waals surface area contributed by atoms with E-state index in [1.54, 1.807) is 41.3 Å². The molecule has 2 atom stereocenters. The van der Waals surface area contributed by atoms with Crippen molar-refractivity contribution in [2.45, 2.75) is 31.7 Å². The number of nitrogens with two attached hydrogens (primary N) is 1. The average Bonchev–Trinajstić information content (AvgIpc) is 3.60. The van der Waals surface area contributed by atoms with Crippen LogP contribution in [-0.2, 0) is 29.1 Å². The minimum absolute atomic E-state index is 0.0860. The van der Waals surface area contributed by atoms with Gasteiger partial charge >= 0.3 is 6.03 Å².